The first-order valence-corrected chi connectivity index (χ1v) is 32.5. The first-order chi connectivity index (χ1) is 44.5. The van der Waals surface area contributed by atoms with Crippen LogP contribution in [0.5, 0.6) is 0 Å². The van der Waals surface area contributed by atoms with Gasteiger partial charge < -0.3 is 5.73 Å². The van der Waals surface area contributed by atoms with E-state index in [1.54, 1.807) is 97.8 Å². The zero-order valence-corrected chi connectivity index (χ0v) is 60.7. The number of nitrogen functional groups attached to an aromatic ring is 1. The van der Waals surface area contributed by atoms with Crippen molar-refractivity contribution in [1.82, 2.24) is 24.9 Å². The third-order valence-corrected chi connectivity index (χ3v) is 15.9. The molecule has 5 aromatic heterocycles. The van der Waals surface area contributed by atoms with Crippen LogP contribution in [0.25, 0.3) is 66.6 Å². The number of anilines is 1. The van der Waals surface area contributed by atoms with Crippen LogP contribution in [-0.4, -0.2) is 43.3 Å². The van der Waals surface area contributed by atoms with Crippen LogP contribution in [0.1, 0.15) is 60.8 Å². The van der Waals surface area contributed by atoms with E-state index in [2.05, 4.69) is 198 Å². The number of carbonyl (C=O) groups excluding carboxylic acids is 3. The summed E-state index contributed by atoms with van der Waals surface area (Å²) in [6, 6.07) is 78.5. The van der Waals surface area contributed by atoms with E-state index in [0.29, 0.717) is 27.9 Å². The summed E-state index contributed by atoms with van der Waals surface area (Å²) in [6.07, 6.45) is 16.9. The molecule has 9 nitrogen and oxygen atoms in total. The maximum Gasteiger partial charge on any atom is 0.195 e. The molecule has 0 unspecified atom stereocenters. The number of terminal acetylenes is 1. The van der Waals surface area contributed by atoms with Gasteiger partial charge in [-0.1, -0.05) is 201 Å². The van der Waals surface area contributed by atoms with Gasteiger partial charge in [0, 0.05) is 81.2 Å². The molecule has 0 radical (unpaired) electrons. The molecular formula is C79H57Br3I3N6O3-. The molecule has 0 spiro atoms. The topological polar surface area (TPSA) is 142 Å². The number of ketones is 1. The Balaban J connectivity index is 0.000000214. The van der Waals surface area contributed by atoms with Crippen molar-refractivity contribution >= 4 is 142 Å². The van der Waals surface area contributed by atoms with Crippen LogP contribution in [-0.2, 0) is 0 Å². The van der Waals surface area contributed by atoms with Crippen LogP contribution in [0.4, 0.5) is 5.69 Å². The smallest absolute Gasteiger partial charge is 0.195 e. The molecular weight excluding hydrogens is 1700 g/mol. The third-order valence-electron chi connectivity index (χ3n) is 13.4. The van der Waals surface area contributed by atoms with Gasteiger partial charge in [-0.2, -0.15) is 0 Å². The first-order valence-electron chi connectivity index (χ1n) is 27.9. The van der Waals surface area contributed by atoms with E-state index in [0.717, 1.165) is 87.0 Å². The van der Waals surface area contributed by atoms with Gasteiger partial charge in [0.05, 0.1) is 22.4 Å². The number of benzene rings is 8. The molecule has 464 valence electrons. The number of rotatable bonds is 8. The summed E-state index contributed by atoms with van der Waals surface area (Å²) in [5, 5.41) is 2.25. The molecule has 13 aromatic rings. The molecule has 0 aliphatic carbocycles. The van der Waals surface area contributed by atoms with Crippen molar-refractivity contribution in [2.24, 2.45) is 0 Å². The normalized spacial score (nSPS) is 9.68. The molecule has 8 aromatic carbocycles. The van der Waals surface area contributed by atoms with Crippen LogP contribution in [0.15, 0.2) is 293 Å². The average molecular weight is 1760 g/mol. The van der Waals surface area contributed by atoms with Crippen molar-refractivity contribution in [3.05, 3.63) is 332 Å². The van der Waals surface area contributed by atoms with Gasteiger partial charge in [-0.3, -0.25) is 19.4 Å². The molecule has 0 aliphatic heterocycles. The van der Waals surface area contributed by atoms with Gasteiger partial charge in [-0.25, -0.2) is 9.97 Å². The van der Waals surface area contributed by atoms with Crippen molar-refractivity contribution < 1.29 is 35.6 Å². The van der Waals surface area contributed by atoms with Crippen LogP contribution in [0.2, 0.25) is 0 Å². The van der Waals surface area contributed by atoms with Crippen molar-refractivity contribution in [3.8, 4) is 76.8 Å². The standard InChI is InChI=1S/C36H22Br2N2.C14H8IN2.C13H10BrNO.C8H6O2.C7H5N.CH4.2HI/c37-27-15-17-33-31(19-27)29(23-7-3-1-4-8-23)21-35(39-33)25-11-13-26(14-12-25)36-22-30(24-9-5-2-6-10-24)32-20-28(38)16-18-34(32)40-36;1(13-3-9-16-10-4-13)7-15-8-2-14-5-11-17-12-6-14;14-10-6-7-12(15)11(8-10)13(16)9-4-2-1-3-5-9;9-5-7-1-2-8(6-10)4-3-7;1-2-7-3-5-8-6-4-7;;;/h1-22H;3-6,9-12H;1-8H,15H2;1-6H;1,3-6H;1H4;2*1H/q;-1;;;;;;. The van der Waals surface area contributed by atoms with Crippen LogP contribution >= 0.6 is 95.7 Å². The van der Waals surface area contributed by atoms with E-state index in [1.165, 1.54) is 22.3 Å². The maximum atomic E-state index is 12.1. The van der Waals surface area contributed by atoms with Gasteiger partial charge in [0.1, 0.15) is 12.6 Å². The Bertz CT molecular complexity index is 4560. The molecule has 15 heteroatoms. The number of hydrogen-bond donors (Lipinski definition) is 1. The minimum Gasteiger partial charge on any atom is -0.398 e. The zero-order valence-electron chi connectivity index (χ0n) is 49.2. The summed E-state index contributed by atoms with van der Waals surface area (Å²) >= 11 is 10.2. The Kier molecular flexibility index (Phi) is 30.8. The number of carbonyl (C=O) groups is 3. The van der Waals surface area contributed by atoms with Crippen LogP contribution < -0.4 is 26.9 Å². The van der Waals surface area contributed by atoms with Gasteiger partial charge in [-0.05, 0) is 101 Å². The molecule has 0 saturated heterocycles. The van der Waals surface area contributed by atoms with Crippen molar-refractivity contribution in [3.63, 3.8) is 0 Å². The fourth-order valence-corrected chi connectivity index (χ4v) is 10.9. The molecule has 0 amide bonds. The number of fused-ring (bicyclic) bond motifs is 2. The van der Waals surface area contributed by atoms with Crippen molar-refractivity contribution in [2.45, 2.75) is 7.43 Å². The van der Waals surface area contributed by atoms with E-state index in [1.807, 2.05) is 72.8 Å². The van der Waals surface area contributed by atoms with E-state index >= 15 is 0 Å². The Morgan fingerprint density at radius 3 is 1.19 bits per heavy atom. The van der Waals surface area contributed by atoms with E-state index in [9.17, 15) is 14.4 Å². The summed E-state index contributed by atoms with van der Waals surface area (Å²) < 4.78 is 9.16. The summed E-state index contributed by atoms with van der Waals surface area (Å²) in [6.45, 7) is 0. The average Bonchev–Trinajstić information content (AvgIpc) is 0.805. The second kappa shape index (κ2) is 39.0. The Hall–Kier alpha value is -8.85. The van der Waals surface area contributed by atoms with Crippen molar-refractivity contribution in [1.29, 1.82) is 0 Å². The fraction of sp³-hybridized carbons (Fsp3) is 0.0127. The maximum absolute atomic E-state index is 12.1. The van der Waals surface area contributed by atoms with Gasteiger partial charge in [-0.15, -0.1) is 54.4 Å². The zero-order chi connectivity index (χ0) is 63.6. The fourth-order valence-electron chi connectivity index (χ4n) is 8.84. The molecule has 5 heterocycles. The minimum atomic E-state index is -0.390. The molecule has 94 heavy (non-hydrogen) atoms. The number of aromatic nitrogens is 5. The summed E-state index contributed by atoms with van der Waals surface area (Å²) in [5.74, 6) is 8.58. The molecule has 0 saturated carbocycles. The summed E-state index contributed by atoms with van der Waals surface area (Å²) in [4.78, 5) is 54.1. The quantitative estimate of drug-likeness (QED) is 0.0517. The SMILES string of the molecule is Brc1ccc2nc(-c3ccc(-c4cc(-c5ccccc5)c5cc(Br)ccc5n4)cc3)cc(-c3ccccc3)c2c1.C.C#Cc1ccncc1.C(#Cc1ccncc1)[I-]C#Cc1ccncc1.I.I.Nc1ccc(Br)cc1C(=O)c1ccccc1.O=Cc1ccc(C=O)cc1. The molecule has 2 N–H and O–H groups in total. The number of hydrogen-bond acceptors (Lipinski definition) is 9. The van der Waals surface area contributed by atoms with E-state index in [-0.39, 0.29) is 82.4 Å². The Labute approximate surface area is 617 Å². The monoisotopic (exact) mass is 1750 g/mol. The van der Waals surface area contributed by atoms with Gasteiger partial charge in [0.2, 0.25) is 0 Å². The summed E-state index contributed by atoms with van der Waals surface area (Å²) in [5.41, 5.74) is 22.1. The predicted octanol–water partition coefficient (Wildman–Crippen LogP) is 17.4. The molecule has 0 atom stereocenters. The van der Waals surface area contributed by atoms with Crippen LogP contribution in [0.3, 0.4) is 0 Å². The molecule has 0 aliphatic rings. The molecule has 0 fully saturated rings. The first kappa shape index (κ1) is 74.2. The Morgan fingerprint density at radius 2 is 0.809 bits per heavy atom. The third kappa shape index (κ3) is 21.9. The summed E-state index contributed by atoms with van der Waals surface area (Å²) in [7, 11) is 0. The molecule has 0 bridgehead atoms. The van der Waals surface area contributed by atoms with Crippen LogP contribution in [0, 0.1) is 32.0 Å². The predicted molar refractivity (Wildman–Crippen MR) is 412 cm³/mol. The van der Waals surface area contributed by atoms with Gasteiger partial charge in [0.25, 0.3) is 0 Å². The van der Waals surface area contributed by atoms with Gasteiger partial charge in [0.15, 0.2) is 5.78 Å². The van der Waals surface area contributed by atoms with Gasteiger partial charge >= 0.3 is 111 Å². The number of halogens is 6. The van der Waals surface area contributed by atoms with E-state index in [4.69, 9.17) is 22.1 Å². The largest absolute Gasteiger partial charge is 0.398 e. The number of nitrogens with zero attached hydrogens (tertiary/aromatic N) is 5. The number of nitrogens with two attached hydrogens (primary N) is 1. The number of pyridine rings is 5. The Morgan fingerprint density at radius 1 is 0.436 bits per heavy atom. The second-order valence-corrected chi connectivity index (χ2v) is 23.8. The number of aldehydes is 2. The van der Waals surface area contributed by atoms with Crippen molar-refractivity contribution in [2.75, 3.05) is 5.73 Å². The molecule has 13 rings (SSSR count). The minimum absolute atomic E-state index is 0. The van der Waals surface area contributed by atoms with E-state index < -0.39 is 0 Å². The second-order valence-electron chi connectivity index (χ2n) is 19.5.